The van der Waals surface area contributed by atoms with Crippen LogP contribution in [0.1, 0.15) is 42.9 Å². The van der Waals surface area contributed by atoms with Crippen LogP contribution in [0.2, 0.25) is 5.02 Å². The van der Waals surface area contributed by atoms with Crippen molar-refractivity contribution in [3.8, 4) is 17.6 Å². The molecule has 0 radical (unpaired) electrons. The molecule has 3 atom stereocenters. The maximum absolute atomic E-state index is 13.4. The zero-order valence-electron chi connectivity index (χ0n) is 21.1. The summed E-state index contributed by atoms with van der Waals surface area (Å²) in [5.41, 5.74) is 8.50. The Bertz CT molecular complexity index is 1350. The molecule has 38 heavy (non-hydrogen) atoms. The van der Waals surface area contributed by atoms with E-state index in [1.54, 1.807) is 13.3 Å². The van der Waals surface area contributed by atoms with E-state index in [0.717, 1.165) is 41.9 Å². The summed E-state index contributed by atoms with van der Waals surface area (Å²) in [5, 5.41) is 10.9. The lowest BCUT2D eigenvalue weighted by Gasteiger charge is -2.37. The second-order valence-electron chi connectivity index (χ2n) is 9.69. The quantitative estimate of drug-likeness (QED) is 0.370. The maximum atomic E-state index is 13.4. The SMILES string of the molecule is COc1ccc2ncc(Cl)c([C@H](N)CCC3CCN(CC#Cc4cc(F)cc(F)c4)CC3CC(=O)O)c2c1. The average molecular weight is 542 g/mol. The number of nitrogens with zero attached hydrogens (tertiary/aromatic N) is 2. The highest BCUT2D eigenvalue weighted by molar-refractivity contribution is 6.32. The zero-order chi connectivity index (χ0) is 27.2. The van der Waals surface area contributed by atoms with Gasteiger partial charge in [0.15, 0.2) is 0 Å². The summed E-state index contributed by atoms with van der Waals surface area (Å²) >= 11 is 6.52. The molecule has 0 aliphatic carbocycles. The highest BCUT2D eigenvalue weighted by atomic mass is 35.5. The van der Waals surface area contributed by atoms with Gasteiger partial charge in [-0.3, -0.25) is 14.7 Å². The molecule has 0 saturated carbocycles. The molecule has 2 heterocycles. The number of pyridine rings is 1. The first-order chi connectivity index (χ1) is 18.2. The van der Waals surface area contributed by atoms with Gasteiger partial charge in [0, 0.05) is 42.2 Å². The lowest BCUT2D eigenvalue weighted by molar-refractivity contribution is -0.139. The molecule has 6 nitrogen and oxygen atoms in total. The minimum atomic E-state index is -0.845. The van der Waals surface area contributed by atoms with E-state index in [1.165, 1.54) is 12.1 Å². The van der Waals surface area contributed by atoms with Crippen molar-refractivity contribution in [2.75, 3.05) is 26.7 Å². The fourth-order valence-electron chi connectivity index (χ4n) is 5.22. The number of ether oxygens (including phenoxy) is 1. The van der Waals surface area contributed by atoms with Gasteiger partial charge in [0.1, 0.15) is 17.4 Å². The van der Waals surface area contributed by atoms with E-state index < -0.39 is 17.6 Å². The van der Waals surface area contributed by atoms with Gasteiger partial charge in [-0.15, -0.1) is 0 Å². The summed E-state index contributed by atoms with van der Waals surface area (Å²) in [6, 6.07) is 8.42. The van der Waals surface area contributed by atoms with Crippen LogP contribution < -0.4 is 10.5 Å². The number of carbonyl (C=O) groups is 1. The summed E-state index contributed by atoms with van der Waals surface area (Å²) < 4.78 is 32.2. The number of benzene rings is 2. The number of aliphatic carboxylic acids is 1. The van der Waals surface area contributed by atoms with E-state index in [4.69, 9.17) is 22.1 Å². The largest absolute Gasteiger partial charge is 0.497 e. The molecule has 1 fully saturated rings. The van der Waals surface area contributed by atoms with Crippen molar-refractivity contribution < 1.29 is 23.4 Å². The molecule has 1 aromatic heterocycles. The van der Waals surface area contributed by atoms with E-state index in [0.29, 0.717) is 30.3 Å². The number of likely N-dealkylation sites (tertiary alicyclic amines) is 1. The molecule has 3 aromatic rings. The molecule has 0 amide bonds. The Balaban J connectivity index is 1.42. The Labute approximate surface area is 225 Å². The van der Waals surface area contributed by atoms with Crippen LogP contribution in [0, 0.1) is 35.3 Å². The fraction of sp³-hybridized carbons (Fsp3) is 0.379. The van der Waals surface area contributed by atoms with Crippen molar-refractivity contribution >= 4 is 28.5 Å². The van der Waals surface area contributed by atoms with Crippen LogP contribution in [0.25, 0.3) is 10.9 Å². The second kappa shape index (κ2) is 12.5. The number of carboxylic acids is 1. The van der Waals surface area contributed by atoms with E-state index >= 15 is 0 Å². The van der Waals surface area contributed by atoms with E-state index in [9.17, 15) is 18.7 Å². The molecule has 2 unspecified atom stereocenters. The van der Waals surface area contributed by atoms with Crippen LogP contribution >= 0.6 is 11.6 Å². The molecule has 3 N–H and O–H groups in total. The van der Waals surface area contributed by atoms with Crippen LogP contribution in [0.5, 0.6) is 5.75 Å². The Morgan fingerprint density at radius 3 is 2.74 bits per heavy atom. The predicted molar refractivity (Wildman–Crippen MR) is 143 cm³/mol. The molecule has 1 aliphatic heterocycles. The summed E-state index contributed by atoms with van der Waals surface area (Å²) in [6.45, 7) is 1.72. The maximum Gasteiger partial charge on any atom is 0.303 e. The number of hydrogen-bond acceptors (Lipinski definition) is 5. The fourth-order valence-corrected chi connectivity index (χ4v) is 5.52. The summed E-state index contributed by atoms with van der Waals surface area (Å²) in [6.07, 6.45) is 3.86. The van der Waals surface area contributed by atoms with Gasteiger partial charge in [0.05, 0.1) is 24.2 Å². The molecular weight excluding hydrogens is 512 g/mol. The van der Waals surface area contributed by atoms with Crippen LogP contribution in [-0.2, 0) is 4.79 Å². The standard InChI is InChI=1S/C29H30ClF2N3O3/c1-38-23-5-7-27-24(15-23)29(25(30)16-34-27)26(33)6-4-19-8-10-35(17-20(19)13-28(36)37)9-2-3-18-11-21(31)14-22(32)12-18/h5,7,11-12,14-16,19-20,26H,4,6,8-10,13,17,33H2,1H3,(H,36,37)/t19?,20?,26-/m1/s1. The van der Waals surface area contributed by atoms with Crippen LogP contribution in [-0.4, -0.2) is 47.7 Å². The van der Waals surface area contributed by atoms with Gasteiger partial charge in [0.25, 0.3) is 0 Å². The Morgan fingerprint density at radius 2 is 2.03 bits per heavy atom. The number of rotatable bonds is 8. The topological polar surface area (TPSA) is 88.7 Å². The Morgan fingerprint density at radius 1 is 1.26 bits per heavy atom. The van der Waals surface area contributed by atoms with Crippen LogP contribution in [0.15, 0.2) is 42.6 Å². The highest BCUT2D eigenvalue weighted by Crippen LogP contribution is 2.36. The van der Waals surface area contributed by atoms with Crippen LogP contribution in [0.3, 0.4) is 0 Å². The average Bonchev–Trinajstić information content (AvgIpc) is 2.86. The molecule has 2 aromatic carbocycles. The Hall–Kier alpha value is -3.25. The van der Waals surface area contributed by atoms with E-state index in [1.807, 2.05) is 18.2 Å². The van der Waals surface area contributed by atoms with E-state index in [2.05, 4.69) is 21.7 Å². The number of piperidine rings is 1. The van der Waals surface area contributed by atoms with Crippen molar-refractivity contribution in [2.45, 2.75) is 31.7 Å². The summed E-state index contributed by atoms with van der Waals surface area (Å²) in [7, 11) is 1.60. The van der Waals surface area contributed by atoms with Gasteiger partial charge in [-0.2, -0.15) is 0 Å². The van der Waals surface area contributed by atoms with Crippen molar-refractivity contribution in [3.05, 3.63) is 70.4 Å². The van der Waals surface area contributed by atoms with Gasteiger partial charge in [0.2, 0.25) is 0 Å². The van der Waals surface area contributed by atoms with Crippen molar-refractivity contribution in [2.24, 2.45) is 17.6 Å². The van der Waals surface area contributed by atoms with Crippen molar-refractivity contribution in [3.63, 3.8) is 0 Å². The third-order valence-corrected chi connectivity index (χ3v) is 7.40. The second-order valence-corrected chi connectivity index (χ2v) is 10.1. The first-order valence-corrected chi connectivity index (χ1v) is 12.9. The minimum absolute atomic E-state index is 0.0507. The predicted octanol–water partition coefficient (Wildman–Crippen LogP) is 5.42. The summed E-state index contributed by atoms with van der Waals surface area (Å²) in [5.74, 6) is 4.38. The number of halogens is 3. The molecule has 200 valence electrons. The third-order valence-electron chi connectivity index (χ3n) is 7.10. The molecular formula is C29H30ClF2N3O3. The number of hydrogen-bond donors (Lipinski definition) is 2. The van der Waals surface area contributed by atoms with Gasteiger partial charge >= 0.3 is 5.97 Å². The number of methoxy groups -OCH3 is 1. The van der Waals surface area contributed by atoms with Crippen LogP contribution in [0.4, 0.5) is 8.78 Å². The van der Waals surface area contributed by atoms with Gasteiger partial charge < -0.3 is 15.6 Å². The highest BCUT2D eigenvalue weighted by Gasteiger charge is 2.31. The molecule has 4 rings (SSSR count). The molecule has 1 saturated heterocycles. The third kappa shape index (κ3) is 6.98. The lowest BCUT2D eigenvalue weighted by Crippen LogP contribution is -2.41. The number of fused-ring (bicyclic) bond motifs is 1. The molecule has 1 aliphatic rings. The van der Waals surface area contributed by atoms with Crippen molar-refractivity contribution in [1.29, 1.82) is 0 Å². The zero-order valence-corrected chi connectivity index (χ0v) is 21.8. The van der Waals surface area contributed by atoms with Gasteiger partial charge in [-0.25, -0.2) is 8.78 Å². The lowest BCUT2D eigenvalue weighted by atomic mass is 9.79. The molecule has 9 heteroatoms. The normalized spacial score (nSPS) is 18.6. The first-order valence-electron chi connectivity index (χ1n) is 12.5. The number of nitrogens with two attached hydrogens (primary N) is 1. The minimum Gasteiger partial charge on any atom is -0.497 e. The molecule has 0 spiro atoms. The van der Waals surface area contributed by atoms with Crippen molar-refractivity contribution in [1.82, 2.24) is 9.88 Å². The number of aromatic nitrogens is 1. The van der Waals surface area contributed by atoms with Gasteiger partial charge in [-0.05, 0) is 73.5 Å². The monoisotopic (exact) mass is 541 g/mol. The van der Waals surface area contributed by atoms with E-state index in [-0.39, 0.29) is 29.9 Å². The summed E-state index contributed by atoms with van der Waals surface area (Å²) in [4.78, 5) is 18.1. The first kappa shape index (κ1) is 27.8. The molecule has 0 bridgehead atoms. The number of carboxylic acid groups (broad SMARTS) is 1. The Kier molecular flexibility index (Phi) is 9.16. The smallest absolute Gasteiger partial charge is 0.303 e. The van der Waals surface area contributed by atoms with Gasteiger partial charge in [-0.1, -0.05) is 23.4 Å².